The number of nitrogens with one attached hydrogen (secondary N) is 1. The van der Waals surface area contributed by atoms with E-state index in [2.05, 4.69) is 10.2 Å². The van der Waals surface area contributed by atoms with E-state index < -0.39 is 0 Å². The number of anilines is 2. The molecule has 1 aromatic carbocycles. The van der Waals surface area contributed by atoms with E-state index in [0.29, 0.717) is 17.8 Å². The summed E-state index contributed by atoms with van der Waals surface area (Å²) in [6.45, 7) is 2.36. The van der Waals surface area contributed by atoms with Gasteiger partial charge in [0.15, 0.2) is 0 Å². The predicted octanol–water partition coefficient (Wildman–Crippen LogP) is 2.06. The highest BCUT2D eigenvalue weighted by Crippen LogP contribution is 2.31. The highest BCUT2D eigenvalue weighted by molar-refractivity contribution is 5.66. The molecule has 2 saturated heterocycles. The predicted molar refractivity (Wildman–Crippen MR) is 67.4 cm³/mol. The topological polar surface area (TPSA) is 41.3 Å². The summed E-state index contributed by atoms with van der Waals surface area (Å²) in [7, 11) is 0. The van der Waals surface area contributed by atoms with Crippen LogP contribution in [0.1, 0.15) is 19.3 Å². The van der Waals surface area contributed by atoms with Gasteiger partial charge in [-0.2, -0.15) is 0 Å². The monoisotopic (exact) mass is 235 g/mol. The van der Waals surface area contributed by atoms with Crippen molar-refractivity contribution in [3.8, 4) is 0 Å². The van der Waals surface area contributed by atoms with Gasteiger partial charge in [0, 0.05) is 18.6 Å². The number of fused-ring (bicyclic) bond motifs is 1. The van der Waals surface area contributed by atoms with Crippen LogP contribution in [0, 0.1) is 5.82 Å². The second-order valence-corrected chi connectivity index (χ2v) is 5.02. The summed E-state index contributed by atoms with van der Waals surface area (Å²) in [4.78, 5) is 2.52. The van der Waals surface area contributed by atoms with Crippen LogP contribution in [0.5, 0.6) is 0 Å². The Kier molecular flexibility index (Phi) is 2.67. The number of nitrogens with two attached hydrogens (primary N) is 1. The van der Waals surface area contributed by atoms with Gasteiger partial charge in [0.05, 0.1) is 11.4 Å². The van der Waals surface area contributed by atoms with Crippen molar-refractivity contribution in [2.45, 2.75) is 31.3 Å². The van der Waals surface area contributed by atoms with E-state index in [4.69, 9.17) is 5.73 Å². The van der Waals surface area contributed by atoms with Gasteiger partial charge in [0.2, 0.25) is 0 Å². The Morgan fingerprint density at radius 2 is 2.18 bits per heavy atom. The van der Waals surface area contributed by atoms with E-state index in [1.165, 1.54) is 31.5 Å². The highest BCUT2D eigenvalue weighted by Gasteiger charge is 2.37. The van der Waals surface area contributed by atoms with Gasteiger partial charge in [-0.3, -0.25) is 4.90 Å². The molecule has 3 N–H and O–H groups in total. The molecule has 0 aromatic heterocycles. The zero-order valence-corrected chi connectivity index (χ0v) is 9.82. The lowest BCUT2D eigenvalue weighted by Crippen LogP contribution is -2.33. The molecular formula is C13H18FN3. The quantitative estimate of drug-likeness (QED) is 0.771. The van der Waals surface area contributed by atoms with E-state index in [1.807, 2.05) is 0 Å². The largest absolute Gasteiger partial charge is 0.397 e. The summed E-state index contributed by atoms with van der Waals surface area (Å²) >= 11 is 0. The number of hydrogen-bond acceptors (Lipinski definition) is 3. The molecule has 0 radical (unpaired) electrons. The molecule has 3 nitrogen and oxygen atoms in total. The molecule has 3 rings (SSSR count). The Morgan fingerprint density at radius 3 is 3.06 bits per heavy atom. The summed E-state index contributed by atoms with van der Waals surface area (Å²) in [5.41, 5.74) is 7.23. The van der Waals surface area contributed by atoms with Crippen LogP contribution in [0.4, 0.5) is 15.8 Å². The fraction of sp³-hybridized carbons (Fsp3) is 0.538. The molecule has 0 spiro atoms. The molecule has 2 aliphatic rings. The summed E-state index contributed by atoms with van der Waals surface area (Å²) in [5, 5.41) is 3.41. The fourth-order valence-corrected chi connectivity index (χ4v) is 3.10. The van der Waals surface area contributed by atoms with Gasteiger partial charge in [-0.25, -0.2) is 4.39 Å². The van der Waals surface area contributed by atoms with Crippen LogP contribution in [0.2, 0.25) is 0 Å². The SMILES string of the molecule is Nc1ccc(F)cc1NC1CCN2CCCC12. The van der Waals surface area contributed by atoms with Crippen LogP contribution in [-0.2, 0) is 0 Å². The molecule has 17 heavy (non-hydrogen) atoms. The minimum Gasteiger partial charge on any atom is -0.397 e. The maximum atomic E-state index is 13.2. The normalized spacial score (nSPS) is 28.3. The minimum absolute atomic E-state index is 0.233. The first-order valence-corrected chi connectivity index (χ1v) is 6.29. The average Bonchev–Trinajstić information content (AvgIpc) is 2.88. The Hall–Kier alpha value is -1.29. The smallest absolute Gasteiger partial charge is 0.125 e. The van der Waals surface area contributed by atoms with Crippen LogP contribution in [0.3, 0.4) is 0 Å². The molecular weight excluding hydrogens is 217 g/mol. The average molecular weight is 235 g/mol. The van der Waals surface area contributed by atoms with Crippen molar-refractivity contribution < 1.29 is 4.39 Å². The number of nitrogen functional groups attached to an aromatic ring is 1. The van der Waals surface area contributed by atoms with Gasteiger partial charge >= 0.3 is 0 Å². The third-order valence-electron chi connectivity index (χ3n) is 3.96. The van der Waals surface area contributed by atoms with Gasteiger partial charge in [0.25, 0.3) is 0 Å². The molecule has 0 aliphatic carbocycles. The van der Waals surface area contributed by atoms with Gasteiger partial charge < -0.3 is 11.1 Å². The summed E-state index contributed by atoms with van der Waals surface area (Å²) in [5.74, 6) is -0.233. The number of halogens is 1. The number of nitrogens with zero attached hydrogens (tertiary/aromatic N) is 1. The fourth-order valence-electron chi connectivity index (χ4n) is 3.10. The van der Waals surface area contributed by atoms with Crippen molar-refractivity contribution in [2.75, 3.05) is 24.1 Å². The molecule has 1 aromatic rings. The molecule has 0 amide bonds. The van der Waals surface area contributed by atoms with Crippen LogP contribution in [0.25, 0.3) is 0 Å². The molecule has 92 valence electrons. The standard InChI is InChI=1S/C13H18FN3/c14-9-3-4-10(15)12(8-9)16-11-5-7-17-6-1-2-13(11)17/h3-4,8,11,13,16H,1-2,5-7,15H2. The number of hydrogen-bond donors (Lipinski definition) is 2. The van der Waals surface area contributed by atoms with Crippen LogP contribution < -0.4 is 11.1 Å². The third kappa shape index (κ3) is 1.97. The zero-order chi connectivity index (χ0) is 11.8. The lowest BCUT2D eigenvalue weighted by Gasteiger charge is -2.23. The van der Waals surface area contributed by atoms with Crippen molar-refractivity contribution >= 4 is 11.4 Å². The van der Waals surface area contributed by atoms with Crippen molar-refractivity contribution in [1.29, 1.82) is 0 Å². The Labute approximate surface area is 101 Å². The second-order valence-electron chi connectivity index (χ2n) is 5.02. The van der Waals surface area contributed by atoms with Crippen molar-refractivity contribution in [1.82, 2.24) is 4.90 Å². The van der Waals surface area contributed by atoms with Gasteiger partial charge in [-0.05, 0) is 44.0 Å². The van der Waals surface area contributed by atoms with Crippen molar-refractivity contribution in [3.63, 3.8) is 0 Å². The number of benzene rings is 1. The molecule has 2 fully saturated rings. The first kappa shape index (κ1) is 10.8. The molecule has 4 heteroatoms. The summed E-state index contributed by atoms with van der Waals surface area (Å²) < 4.78 is 13.2. The van der Waals surface area contributed by atoms with Crippen molar-refractivity contribution in [3.05, 3.63) is 24.0 Å². The first-order chi connectivity index (χ1) is 8.24. The second kappa shape index (κ2) is 4.18. The minimum atomic E-state index is -0.233. The molecule has 2 heterocycles. The Morgan fingerprint density at radius 1 is 1.29 bits per heavy atom. The zero-order valence-electron chi connectivity index (χ0n) is 9.82. The van der Waals surface area contributed by atoms with Crippen LogP contribution in [-0.4, -0.2) is 30.1 Å². The van der Waals surface area contributed by atoms with Crippen LogP contribution in [0.15, 0.2) is 18.2 Å². The summed E-state index contributed by atoms with van der Waals surface area (Å²) in [6.07, 6.45) is 3.65. The van der Waals surface area contributed by atoms with E-state index in [1.54, 1.807) is 6.07 Å². The maximum absolute atomic E-state index is 13.2. The van der Waals surface area contributed by atoms with E-state index in [-0.39, 0.29) is 5.82 Å². The maximum Gasteiger partial charge on any atom is 0.125 e. The van der Waals surface area contributed by atoms with Crippen LogP contribution >= 0.6 is 0 Å². The molecule has 0 saturated carbocycles. The van der Waals surface area contributed by atoms with Gasteiger partial charge in [0.1, 0.15) is 5.82 Å². The lowest BCUT2D eigenvalue weighted by molar-refractivity contribution is 0.318. The van der Waals surface area contributed by atoms with Gasteiger partial charge in [-0.15, -0.1) is 0 Å². The molecule has 2 atom stereocenters. The van der Waals surface area contributed by atoms with E-state index in [9.17, 15) is 4.39 Å². The third-order valence-corrected chi connectivity index (χ3v) is 3.96. The van der Waals surface area contributed by atoms with E-state index in [0.717, 1.165) is 18.7 Å². The Bertz CT molecular complexity index is 421. The molecule has 2 unspecified atom stereocenters. The highest BCUT2D eigenvalue weighted by atomic mass is 19.1. The van der Waals surface area contributed by atoms with Gasteiger partial charge in [-0.1, -0.05) is 0 Å². The number of rotatable bonds is 2. The Balaban J connectivity index is 1.76. The van der Waals surface area contributed by atoms with Crippen molar-refractivity contribution in [2.24, 2.45) is 0 Å². The molecule has 0 bridgehead atoms. The first-order valence-electron chi connectivity index (χ1n) is 6.29. The molecule has 2 aliphatic heterocycles. The van der Waals surface area contributed by atoms with E-state index >= 15 is 0 Å². The summed E-state index contributed by atoms with van der Waals surface area (Å²) in [6, 6.07) is 5.54. The lowest BCUT2D eigenvalue weighted by atomic mass is 10.1.